The van der Waals surface area contributed by atoms with Crippen molar-refractivity contribution in [3.63, 3.8) is 0 Å². The molecular weight excluding hydrogens is 176 g/mol. The van der Waals surface area contributed by atoms with Gasteiger partial charge in [-0.25, -0.2) is 0 Å². The van der Waals surface area contributed by atoms with Crippen LogP contribution >= 0.6 is 0 Å². The van der Waals surface area contributed by atoms with E-state index in [1.807, 2.05) is 45.9 Å². The van der Waals surface area contributed by atoms with Crippen molar-refractivity contribution in [3.8, 4) is 0 Å². The quantitative estimate of drug-likeness (QED) is 0.499. The summed E-state index contributed by atoms with van der Waals surface area (Å²) >= 11 is 0. The zero-order valence-electron chi connectivity index (χ0n) is 9.54. The Labute approximate surface area is 86.6 Å². The number of carbonyl (C=O) groups excluding carboxylic acids is 1. The lowest BCUT2D eigenvalue weighted by atomic mass is 10.0. The highest BCUT2D eigenvalue weighted by Gasteiger charge is 2.14. The van der Waals surface area contributed by atoms with Crippen LogP contribution in [-0.4, -0.2) is 12.6 Å². The predicted octanol–water partition coefficient (Wildman–Crippen LogP) is 3.10. The van der Waals surface area contributed by atoms with Gasteiger partial charge < -0.3 is 4.74 Å². The van der Waals surface area contributed by atoms with Crippen LogP contribution in [0.4, 0.5) is 0 Å². The van der Waals surface area contributed by atoms with Gasteiger partial charge in [0.15, 0.2) is 0 Å². The Balaban J connectivity index is 4.15. The first-order valence-electron chi connectivity index (χ1n) is 5.10. The Morgan fingerprint density at radius 3 is 2.50 bits per heavy atom. The maximum absolute atomic E-state index is 11.3. The van der Waals surface area contributed by atoms with Gasteiger partial charge in [-0.2, -0.15) is 0 Å². The molecule has 0 saturated heterocycles. The van der Waals surface area contributed by atoms with E-state index in [0.717, 1.165) is 6.42 Å². The van der Waals surface area contributed by atoms with Crippen molar-refractivity contribution >= 4 is 5.97 Å². The number of carbonyl (C=O) groups is 1. The van der Waals surface area contributed by atoms with Crippen molar-refractivity contribution in [2.75, 3.05) is 6.61 Å². The first-order valence-corrected chi connectivity index (χ1v) is 5.10. The number of hydrogen-bond donors (Lipinski definition) is 0. The second-order valence-corrected chi connectivity index (χ2v) is 3.22. The Morgan fingerprint density at radius 2 is 2.07 bits per heavy atom. The molecule has 0 amide bonds. The van der Waals surface area contributed by atoms with Gasteiger partial charge in [-0.3, -0.25) is 4.79 Å². The van der Waals surface area contributed by atoms with E-state index in [-0.39, 0.29) is 11.9 Å². The summed E-state index contributed by atoms with van der Waals surface area (Å²) in [5.74, 6) is -0.172. The van der Waals surface area contributed by atoms with Crippen LogP contribution in [0.3, 0.4) is 0 Å². The number of ether oxygens (including phenoxy) is 1. The molecule has 2 nitrogen and oxygen atoms in total. The van der Waals surface area contributed by atoms with Gasteiger partial charge in [-0.1, -0.05) is 30.7 Å². The molecule has 0 radical (unpaired) electrons. The van der Waals surface area contributed by atoms with E-state index in [1.165, 1.54) is 5.57 Å². The standard InChI is InChI=1S/C12H20O2/c1-5-8-11(6-2)9-10(4)12(13)14-7-3/h5-6,8,10H,7,9H2,1-4H3. The molecular formula is C12H20O2. The van der Waals surface area contributed by atoms with Crippen molar-refractivity contribution in [2.24, 2.45) is 5.92 Å². The van der Waals surface area contributed by atoms with Gasteiger partial charge in [0.05, 0.1) is 12.5 Å². The van der Waals surface area contributed by atoms with E-state index in [4.69, 9.17) is 4.74 Å². The van der Waals surface area contributed by atoms with Crippen LogP contribution in [0, 0.1) is 5.92 Å². The molecule has 0 saturated carbocycles. The number of esters is 1. The molecule has 0 rings (SSSR count). The van der Waals surface area contributed by atoms with Crippen molar-refractivity contribution in [1.82, 2.24) is 0 Å². The number of rotatable bonds is 5. The average Bonchev–Trinajstić information content (AvgIpc) is 2.17. The van der Waals surface area contributed by atoms with Gasteiger partial charge in [-0.15, -0.1) is 0 Å². The third-order valence-corrected chi connectivity index (χ3v) is 1.98. The minimum atomic E-state index is -0.114. The fraction of sp³-hybridized carbons (Fsp3) is 0.583. The highest BCUT2D eigenvalue weighted by Crippen LogP contribution is 2.14. The molecule has 0 spiro atoms. The molecule has 0 heterocycles. The lowest BCUT2D eigenvalue weighted by Gasteiger charge is -2.10. The molecule has 1 atom stereocenters. The average molecular weight is 196 g/mol. The van der Waals surface area contributed by atoms with Crippen molar-refractivity contribution in [1.29, 1.82) is 0 Å². The van der Waals surface area contributed by atoms with E-state index in [1.54, 1.807) is 0 Å². The molecule has 0 aromatic rings. The first kappa shape index (κ1) is 12.9. The first-order chi connectivity index (χ1) is 6.65. The smallest absolute Gasteiger partial charge is 0.308 e. The fourth-order valence-corrected chi connectivity index (χ4v) is 1.22. The highest BCUT2D eigenvalue weighted by atomic mass is 16.5. The normalized spacial score (nSPS) is 14.4. The van der Waals surface area contributed by atoms with Crippen LogP contribution in [0.15, 0.2) is 23.8 Å². The molecule has 1 unspecified atom stereocenters. The predicted molar refractivity (Wildman–Crippen MR) is 59.0 cm³/mol. The summed E-state index contributed by atoms with van der Waals surface area (Å²) in [5, 5.41) is 0. The molecule has 2 heteroatoms. The van der Waals surface area contributed by atoms with Gasteiger partial charge in [0.1, 0.15) is 0 Å². The summed E-state index contributed by atoms with van der Waals surface area (Å²) < 4.78 is 4.94. The lowest BCUT2D eigenvalue weighted by Crippen LogP contribution is -2.14. The van der Waals surface area contributed by atoms with Crippen LogP contribution < -0.4 is 0 Å². The van der Waals surface area contributed by atoms with Gasteiger partial charge >= 0.3 is 5.97 Å². The molecule has 0 N–H and O–H groups in total. The molecule has 0 aliphatic rings. The Morgan fingerprint density at radius 1 is 1.43 bits per heavy atom. The maximum atomic E-state index is 11.3. The second kappa shape index (κ2) is 7.36. The van der Waals surface area contributed by atoms with Gasteiger partial charge in [0.2, 0.25) is 0 Å². The fourth-order valence-electron chi connectivity index (χ4n) is 1.22. The van der Waals surface area contributed by atoms with Gasteiger partial charge in [0, 0.05) is 0 Å². The third-order valence-electron chi connectivity index (χ3n) is 1.98. The van der Waals surface area contributed by atoms with E-state index >= 15 is 0 Å². The zero-order valence-corrected chi connectivity index (χ0v) is 9.54. The summed E-state index contributed by atoms with van der Waals surface area (Å²) in [7, 11) is 0. The monoisotopic (exact) mass is 196 g/mol. The van der Waals surface area contributed by atoms with E-state index in [9.17, 15) is 4.79 Å². The Bertz CT molecular complexity index is 226. The third kappa shape index (κ3) is 4.85. The zero-order chi connectivity index (χ0) is 11.0. The number of allylic oxidation sites excluding steroid dienone is 4. The maximum Gasteiger partial charge on any atom is 0.308 e. The van der Waals surface area contributed by atoms with Crippen LogP contribution in [0.5, 0.6) is 0 Å². The summed E-state index contributed by atoms with van der Waals surface area (Å²) in [5.41, 5.74) is 1.17. The van der Waals surface area contributed by atoms with E-state index in [2.05, 4.69) is 0 Å². The molecule has 0 bridgehead atoms. The molecule has 0 aliphatic carbocycles. The van der Waals surface area contributed by atoms with E-state index in [0.29, 0.717) is 6.61 Å². The van der Waals surface area contributed by atoms with Crippen molar-refractivity contribution < 1.29 is 9.53 Å². The number of hydrogen-bond acceptors (Lipinski definition) is 2. The minimum Gasteiger partial charge on any atom is -0.466 e. The topological polar surface area (TPSA) is 26.3 Å². The Hall–Kier alpha value is -1.05. The van der Waals surface area contributed by atoms with Gasteiger partial charge in [-0.05, 0) is 27.2 Å². The Kier molecular flexibility index (Phi) is 6.81. The van der Waals surface area contributed by atoms with Crippen LogP contribution in [0.25, 0.3) is 0 Å². The molecule has 14 heavy (non-hydrogen) atoms. The second-order valence-electron chi connectivity index (χ2n) is 3.22. The van der Waals surface area contributed by atoms with Crippen LogP contribution in [0.1, 0.15) is 34.1 Å². The van der Waals surface area contributed by atoms with Crippen molar-refractivity contribution in [2.45, 2.75) is 34.1 Å². The van der Waals surface area contributed by atoms with E-state index < -0.39 is 0 Å². The summed E-state index contributed by atoms with van der Waals surface area (Å²) in [6, 6.07) is 0. The minimum absolute atomic E-state index is 0.0580. The highest BCUT2D eigenvalue weighted by molar-refractivity contribution is 5.72. The summed E-state index contributed by atoms with van der Waals surface area (Å²) in [6.45, 7) is 8.13. The summed E-state index contributed by atoms with van der Waals surface area (Å²) in [6.07, 6.45) is 6.78. The summed E-state index contributed by atoms with van der Waals surface area (Å²) in [4.78, 5) is 11.3. The van der Waals surface area contributed by atoms with Crippen LogP contribution in [-0.2, 0) is 9.53 Å². The largest absolute Gasteiger partial charge is 0.466 e. The SMILES string of the molecule is CC=CC(=CC)CC(C)C(=O)OCC. The molecule has 0 aromatic carbocycles. The van der Waals surface area contributed by atoms with Crippen LogP contribution in [0.2, 0.25) is 0 Å². The molecule has 0 fully saturated rings. The van der Waals surface area contributed by atoms with Gasteiger partial charge in [0.25, 0.3) is 0 Å². The molecule has 0 aromatic heterocycles. The lowest BCUT2D eigenvalue weighted by molar-refractivity contribution is -0.147. The molecule has 80 valence electrons. The molecule has 0 aliphatic heterocycles. The van der Waals surface area contributed by atoms with Crippen molar-refractivity contribution in [3.05, 3.63) is 23.8 Å².